The van der Waals surface area contributed by atoms with E-state index in [1.54, 1.807) is 0 Å². The number of nitrogens with zero attached hydrogens (tertiary/aromatic N) is 1. The highest BCUT2D eigenvalue weighted by Crippen LogP contribution is 2.29. The van der Waals surface area contributed by atoms with Crippen LogP contribution < -0.4 is 11.1 Å². The van der Waals surface area contributed by atoms with Crippen molar-refractivity contribution < 1.29 is 4.79 Å². The Labute approximate surface area is 91.2 Å². The highest BCUT2D eigenvalue weighted by Gasteiger charge is 2.38. The Hall–Kier alpha value is -0.610. The number of carbonyl (C=O) groups is 1. The third-order valence-electron chi connectivity index (χ3n) is 3.91. The van der Waals surface area contributed by atoms with Crippen LogP contribution >= 0.6 is 0 Å². The zero-order chi connectivity index (χ0) is 10.8. The van der Waals surface area contributed by atoms with Crippen LogP contribution in [0.25, 0.3) is 0 Å². The SMILES string of the molecule is CNC1CCCC(N2CCC2C(N)=O)C1. The molecule has 1 heterocycles. The lowest BCUT2D eigenvalue weighted by Gasteiger charge is -2.47. The highest BCUT2D eigenvalue weighted by atomic mass is 16.1. The van der Waals surface area contributed by atoms with Crippen LogP contribution in [0.5, 0.6) is 0 Å². The Morgan fingerprint density at radius 2 is 2.20 bits per heavy atom. The predicted octanol–water partition coefficient (Wildman–Crippen LogP) is 0.0766. The first-order chi connectivity index (χ1) is 7.22. The lowest BCUT2D eigenvalue weighted by atomic mass is 9.86. The van der Waals surface area contributed by atoms with E-state index in [2.05, 4.69) is 10.2 Å². The lowest BCUT2D eigenvalue weighted by molar-refractivity contribution is -0.130. The summed E-state index contributed by atoms with van der Waals surface area (Å²) in [5.41, 5.74) is 5.37. The second kappa shape index (κ2) is 4.49. The summed E-state index contributed by atoms with van der Waals surface area (Å²) >= 11 is 0. The first-order valence-electron chi connectivity index (χ1n) is 5.94. The average Bonchev–Trinajstić information content (AvgIpc) is 2.15. The maximum atomic E-state index is 11.2. The molecular formula is C11H21N3O. The molecule has 0 radical (unpaired) electrons. The van der Waals surface area contributed by atoms with Gasteiger partial charge in [0.2, 0.25) is 5.91 Å². The summed E-state index contributed by atoms with van der Waals surface area (Å²) < 4.78 is 0. The molecule has 4 nitrogen and oxygen atoms in total. The van der Waals surface area contributed by atoms with E-state index in [0.717, 1.165) is 13.0 Å². The number of primary amides is 1. The van der Waals surface area contributed by atoms with Gasteiger partial charge >= 0.3 is 0 Å². The van der Waals surface area contributed by atoms with Gasteiger partial charge in [0, 0.05) is 18.6 Å². The Kier molecular flexibility index (Phi) is 3.26. The molecule has 1 aliphatic heterocycles. The van der Waals surface area contributed by atoms with Crippen LogP contribution in [0.15, 0.2) is 0 Å². The smallest absolute Gasteiger partial charge is 0.234 e. The molecule has 2 aliphatic rings. The van der Waals surface area contributed by atoms with Crippen molar-refractivity contribution in [3.05, 3.63) is 0 Å². The molecule has 1 aliphatic carbocycles. The molecule has 3 N–H and O–H groups in total. The summed E-state index contributed by atoms with van der Waals surface area (Å²) in [6, 6.07) is 1.21. The highest BCUT2D eigenvalue weighted by molar-refractivity contribution is 5.80. The van der Waals surface area contributed by atoms with Crippen LogP contribution in [0.3, 0.4) is 0 Å². The molecular weight excluding hydrogens is 190 g/mol. The number of nitrogens with two attached hydrogens (primary N) is 1. The monoisotopic (exact) mass is 211 g/mol. The summed E-state index contributed by atoms with van der Waals surface area (Å²) in [5.74, 6) is -0.146. The van der Waals surface area contributed by atoms with Crippen molar-refractivity contribution in [2.75, 3.05) is 13.6 Å². The molecule has 0 aromatic rings. The maximum absolute atomic E-state index is 11.2. The van der Waals surface area contributed by atoms with Gasteiger partial charge in [0.05, 0.1) is 6.04 Å². The van der Waals surface area contributed by atoms with Gasteiger partial charge in [0.25, 0.3) is 0 Å². The summed E-state index contributed by atoms with van der Waals surface area (Å²) in [5, 5.41) is 3.34. The Balaban J connectivity index is 1.90. The predicted molar refractivity (Wildman–Crippen MR) is 59.4 cm³/mol. The topological polar surface area (TPSA) is 58.4 Å². The van der Waals surface area contributed by atoms with Crippen LogP contribution in [0.2, 0.25) is 0 Å². The molecule has 2 rings (SSSR count). The number of hydrogen-bond acceptors (Lipinski definition) is 3. The van der Waals surface area contributed by atoms with Gasteiger partial charge in [-0.3, -0.25) is 9.69 Å². The molecule has 1 saturated heterocycles. The minimum atomic E-state index is -0.146. The lowest BCUT2D eigenvalue weighted by Crippen LogP contribution is -2.60. The van der Waals surface area contributed by atoms with Gasteiger partial charge in [-0.2, -0.15) is 0 Å². The van der Waals surface area contributed by atoms with Gasteiger partial charge in [0.15, 0.2) is 0 Å². The van der Waals surface area contributed by atoms with E-state index in [0.29, 0.717) is 12.1 Å². The van der Waals surface area contributed by atoms with Crippen molar-refractivity contribution in [3.63, 3.8) is 0 Å². The van der Waals surface area contributed by atoms with Gasteiger partial charge < -0.3 is 11.1 Å². The quantitative estimate of drug-likeness (QED) is 0.695. The number of carbonyl (C=O) groups excluding carboxylic acids is 1. The molecule has 0 bridgehead atoms. The molecule has 0 aromatic carbocycles. The second-order valence-corrected chi connectivity index (χ2v) is 4.75. The minimum absolute atomic E-state index is 0.0191. The van der Waals surface area contributed by atoms with Crippen LogP contribution in [-0.2, 0) is 4.79 Å². The minimum Gasteiger partial charge on any atom is -0.368 e. The summed E-state index contributed by atoms with van der Waals surface area (Å²) in [4.78, 5) is 13.4. The Morgan fingerprint density at radius 3 is 2.73 bits per heavy atom. The van der Waals surface area contributed by atoms with E-state index >= 15 is 0 Å². The molecule has 86 valence electrons. The zero-order valence-corrected chi connectivity index (χ0v) is 9.41. The number of likely N-dealkylation sites (tertiary alicyclic amines) is 1. The van der Waals surface area contributed by atoms with E-state index in [9.17, 15) is 4.79 Å². The molecule has 4 heteroatoms. The van der Waals surface area contributed by atoms with Crippen molar-refractivity contribution in [1.82, 2.24) is 10.2 Å². The first kappa shape index (κ1) is 10.9. The van der Waals surface area contributed by atoms with Crippen molar-refractivity contribution in [2.24, 2.45) is 5.73 Å². The fourth-order valence-electron chi connectivity index (χ4n) is 2.88. The van der Waals surface area contributed by atoms with Crippen LogP contribution in [0.4, 0.5) is 0 Å². The maximum Gasteiger partial charge on any atom is 0.234 e. The van der Waals surface area contributed by atoms with Crippen molar-refractivity contribution in [3.8, 4) is 0 Å². The van der Waals surface area contributed by atoms with E-state index in [1.807, 2.05) is 7.05 Å². The van der Waals surface area contributed by atoms with Gasteiger partial charge in [-0.05, 0) is 32.7 Å². The zero-order valence-electron chi connectivity index (χ0n) is 9.41. The molecule has 3 atom stereocenters. The van der Waals surface area contributed by atoms with E-state index in [-0.39, 0.29) is 11.9 Å². The van der Waals surface area contributed by atoms with Crippen molar-refractivity contribution >= 4 is 5.91 Å². The third-order valence-corrected chi connectivity index (χ3v) is 3.91. The van der Waals surface area contributed by atoms with Crippen molar-refractivity contribution in [1.29, 1.82) is 0 Å². The summed E-state index contributed by atoms with van der Waals surface area (Å²) in [6.07, 6.45) is 5.87. The van der Waals surface area contributed by atoms with Gasteiger partial charge in [-0.1, -0.05) is 6.42 Å². The van der Waals surface area contributed by atoms with Gasteiger partial charge in [-0.15, -0.1) is 0 Å². The van der Waals surface area contributed by atoms with Crippen molar-refractivity contribution in [2.45, 2.75) is 50.2 Å². The largest absolute Gasteiger partial charge is 0.368 e. The molecule has 0 aromatic heterocycles. The number of rotatable bonds is 3. The van der Waals surface area contributed by atoms with E-state index < -0.39 is 0 Å². The number of hydrogen-bond donors (Lipinski definition) is 2. The molecule has 3 unspecified atom stereocenters. The first-order valence-corrected chi connectivity index (χ1v) is 5.94. The number of amides is 1. The van der Waals surface area contributed by atoms with E-state index in [1.165, 1.54) is 25.7 Å². The fourth-order valence-corrected chi connectivity index (χ4v) is 2.88. The fraction of sp³-hybridized carbons (Fsp3) is 0.909. The molecule has 2 fully saturated rings. The second-order valence-electron chi connectivity index (χ2n) is 4.75. The summed E-state index contributed by atoms with van der Waals surface area (Å²) in [6.45, 7) is 1.05. The molecule has 1 amide bonds. The van der Waals surface area contributed by atoms with Gasteiger partial charge in [0.1, 0.15) is 0 Å². The molecule has 0 spiro atoms. The van der Waals surface area contributed by atoms with Crippen LogP contribution in [0.1, 0.15) is 32.1 Å². The van der Waals surface area contributed by atoms with Crippen LogP contribution in [0, 0.1) is 0 Å². The van der Waals surface area contributed by atoms with Crippen LogP contribution in [-0.4, -0.2) is 42.5 Å². The third kappa shape index (κ3) is 2.16. The molecule has 1 saturated carbocycles. The Bertz CT molecular complexity index is 244. The normalized spacial score (nSPS) is 37.3. The molecule has 15 heavy (non-hydrogen) atoms. The Morgan fingerprint density at radius 1 is 1.40 bits per heavy atom. The van der Waals surface area contributed by atoms with Gasteiger partial charge in [-0.25, -0.2) is 0 Å². The van der Waals surface area contributed by atoms with E-state index in [4.69, 9.17) is 5.73 Å². The summed E-state index contributed by atoms with van der Waals surface area (Å²) in [7, 11) is 2.02. The number of nitrogens with one attached hydrogen (secondary N) is 1. The average molecular weight is 211 g/mol. The standard InChI is InChI=1S/C11H21N3O/c1-13-8-3-2-4-9(7-8)14-6-5-10(14)11(12)15/h8-10,13H,2-7H2,1H3,(H2,12,15).